The number of ether oxygens (including phenoxy) is 1. The Hall–Kier alpha value is -2.54. The van der Waals surface area contributed by atoms with Crippen molar-refractivity contribution in [2.24, 2.45) is 0 Å². The first kappa shape index (κ1) is 21.8. The maximum absolute atomic E-state index is 12.9. The predicted octanol–water partition coefficient (Wildman–Crippen LogP) is 3.34. The van der Waals surface area contributed by atoms with Crippen LogP contribution >= 0.6 is 0 Å². The van der Waals surface area contributed by atoms with E-state index in [4.69, 9.17) is 4.74 Å². The van der Waals surface area contributed by atoms with Gasteiger partial charge < -0.3 is 10.1 Å². The van der Waals surface area contributed by atoms with Crippen LogP contribution in [0.15, 0.2) is 42.5 Å². The molecule has 0 heterocycles. The third-order valence-electron chi connectivity index (χ3n) is 4.80. The third kappa shape index (κ3) is 4.84. The number of rotatable bonds is 7. The van der Waals surface area contributed by atoms with Crippen molar-refractivity contribution < 1.29 is 17.9 Å². The first-order chi connectivity index (χ1) is 13.1. The van der Waals surface area contributed by atoms with Gasteiger partial charge in [-0.1, -0.05) is 24.3 Å². The van der Waals surface area contributed by atoms with Crippen LogP contribution in [0.2, 0.25) is 0 Å². The molecule has 7 heteroatoms. The van der Waals surface area contributed by atoms with Gasteiger partial charge in [-0.2, -0.15) is 0 Å². The predicted molar refractivity (Wildman–Crippen MR) is 112 cm³/mol. The van der Waals surface area contributed by atoms with E-state index in [9.17, 15) is 13.2 Å². The van der Waals surface area contributed by atoms with Crippen LogP contribution in [0.4, 0.5) is 5.69 Å². The molecule has 2 rings (SSSR count). The first-order valence-electron chi connectivity index (χ1n) is 9.06. The Kier molecular flexibility index (Phi) is 6.72. The van der Waals surface area contributed by atoms with E-state index >= 15 is 0 Å². The summed E-state index contributed by atoms with van der Waals surface area (Å²) in [6, 6.07) is 11.5. The highest BCUT2D eigenvalue weighted by Crippen LogP contribution is 2.26. The molecule has 2 aromatic carbocycles. The highest BCUT2D eigenvalue weighted by molar-refractivity contribution is 7.92. The molecule has 6 nitrogen and oxygen atoms in total. The minimum atomic E-state index is -3.66. The number of hydrogen-bond acceptors (Lipinski definition) is 4. The molecule has 28 heavy (non-hydrogen) atoms. The minimum absolute atomic E-state index is 0.340. The number of nitrogens with zero attached hydrogens (tertiary/aromatic N) is 1. The number of sulfonamides is 1. The standard InChI is InChI=1S/C21H28N2O4S/c1-14-11-12-18(13-15(14)2)23(28(6,25)26)17(4)21(24)22-16(3)19-9-7-8-10-20(19)27-5/h7-13,16-17H,1-6H3,(H,22,24)/t16-,17+/m0/s1. The lowest BCUT2D eigenvalue weighted by Crippen LogP contribution is -2.48. The van der Waals surface area contributed by atoms with E-state index in [1.54, 1.807) is 26.2 Å². The van der Waals surface area contributed by atoms with Gasteiger partial charge in [-0.15, -0.1) is 0 Å². The number of aryl methyl sites for hydroxylation is 2. The molecule has 0 bridgehead atoms. The van der Waals surface area contributed by atoms with E-state index in [0.717, 1.165) is 27.3 Å². The van der Waals surface area contributed by atoms with E-state index in [1.807, 2.05) is 51.1 Å². The zero-order valence-corrected chi connectivity index (χ0v) is 18.0. The van der Waals surface area contributed by atoms with Crippen molar-refractivity contribution in [1.29, 1.82) is 0 Å². The van der Waals surface area contributed by atoms with Gasteiger partial charge in [0.15, 0.2) is 0 Å². The number of methoxy groups -OCH3 is 1. The molecule has 1 N–H and O–H groups in total. The lowest BCUT2D eigenvalue weighted by molar-refractivity contribution is -0.122. The maximum atomic E-state index is 12.9. The van der Waals surface area contributed by atoms with E-state index in [-0.39, 0.29) is 11.9 Å². The van der Waals surface area contributed by atoms with Crippen molar-refractivity contribution in [2.45, 2.75) is 39.8 Å². The van der Waals surface area contributed by atoms with E-state index in [1.165, 1.54) is 0 Å². The molecule has 0 aliphatic carbocycles. The van der Waals surface area contributed by atoms with Crippen LogP contribution < -0.4 is 14.4 Å². The van der Waals surface area contributed by atoms with Gasteiger partial charge in [-0.3, -0.25) is 9.10 Å². The molecular formula is C21H28N2O4S. The Morgan fingerprint density at radius 1 is 1.07 bits per heavy atom. The Morgan fingerprint density at radius 2 is 1.71 bits per heavy atom. The lowest BCUT2D eigenvalue weighted by atomic mass is 10.1. The molecule has 2 atom stereocenters. The second-order valence-electron chi connectivity index (χ2n) is 6.98. The monoisotopic (exact) mass is 404 g/mol. The van der Waals surface area contributed by atoms with Crippen LogP contribution in [0.3, 0.4) is 0 Å². The van der Waals surface area contributed by atoms with Crippen LogP contribution in [-0.2, 0) is 14.8 Å². The quantitative estimate of drug-likeness (QED) is 0.768. The fourth-order valence-corrected chi connectivity index (χ4v) is 4.27. The molecule has 0 saturated carbocycles. The number of hydrogen-bond donors (Lipinski definition) is 1. The number of anilines is 1. The third-order valence-corrected chi connectivity index (χ3v) is 6.04. The Morgan fingerprint density at radius 3 is 2.29 bits per heavy atom. The molecule has 0 radical (unpaired) electrons. The minimum Gasteiger partial charge on any atom is -0.496 e. The van der Waals surface area contributed by atoms with Crippen LogP contribution in [-0.4, -0.2) is 33.7 Å². The molecule has 0 aromatic heterocycles. The Balaban J connectivity index is 2.30. The highest BCUT2D eigenvalue weighted by Gasteiger charge is 2.30. The molecule has 0 aliphatic rings. The zero-order chi connectivity index (χ0) is 21.1. The molecular weight excluding hydrogens is 376 g/mol. The van der Waals surface area contributed by atoms with Gasteiger partial charge in [0.2, 0.25) is 15.9 Å². The summed E-state index contributed by atoms with van der Waals surface area (Å²) in [5, 5.41) is 2.89. The van der Waals surface area contributed by atoms with Crippen molar-refractivity contribution in [3.8, 4) is 5.75 Å². The van der Waals surface area contributed by atoms with Gasteiger partial charge in [-0.25, -0.2) is 8.42 Å². The summed E-state index contributed by atoms with van der Waals surface area (Å²) < 4.78 is 31.4. The van der Waals surface area contributed by atoms with Gasteiger partial charge in [0.1, 0.15) is 11.8 Å². The lowest BCUT2D eigenvalue weighted by Gasteiger charge is -2.30. The van der Waals surface area contributed by atoms with E-state index in [2.05, 4.69) is 5.32 Å². The van der Waals surface area contributed by atoms with Crippen LogP contribution in [0.25, 0.3) is 0 Å². The summed E-state index contributed by atoms with van der Waals surface area (Å²) in [6.45, 7) is 7.28. The molecule has 1 amide bonds. The summed E-state index contributed by atoms with van der Waals surface area (Å²) in [5.74, 6) is 0.277. The topological polar surface area (TPSA) is 75.7 Å². The van der Waals surface area contributed by atoms with E-state index in [0.29, 0.717) is 11.4 Å². The normalized spacial score (nSPS) is 13.5. The number of amides is 1. The van der Waals surface area contributed by atoms with Gasteiger partial charge in [0, 0.05) is 5.56 Å². The summed E-state index contributed by atoms with van der Waals surface area (Å²) in [7, 11) is -2.09. The van der Waals surface area contributed by atoms with Crippen LogP contribution in [0, 0.1) is 13.8 Å². The van der Waals surface area contributed by atoms with E-state index < -0.39 is 16.1 Å². The first-order valence-corrected chi connectivity index (χ1v) is 10.9. The average molecular weight is 405 g/mol. The Bertz CT molecular complexity index is 957. The second-order valence-corrected chi connectivity index (χ2v) is 8.84. The second kappa shape index (κ2) is 8.65. The van der Waals surface area contributed by atoms with Crippen molar-refractivity contribution >= 4 is 21.6 Å². The number of carbonyl (C=O) groups is 1. The molecule has 0 spiro atoms. The summed E-state index contributed by atoms with van der Waals surface area (Å²) >= 11 is 0. The zero-order valence-electron chi connectivity index (χ0n) is 17.2. The van der Waals surface area contributed by atoms with Crippen molar-refractivity contribution in [3.05, 3.63) is 59.2 Å². The largest absolute Gasteiger partial charge is 0.496 e. The average Bonchev–Trinajstić information content (AvgIpc) is 2.63. The van der Waals surface area contributed by atoms with Crippen molar-refractivity contribution in [1.82, 2.24) is 5.32 Å². The van der Waals surface area contributed by atoms with Crippen LogP contribution in [0.5, 0.6) is 5.75 Å². The van der Waals surface area contributed by atoms with Crippen LogP contribution in [0.1, 0.15) is 36.6 Å². The van der Waals surface area contributed by atoms with Crippen molar-refractivity contribution in [2.75, 3.05) is 17.7 Å². The summed E-state index contributed by atoms with van der Waals surface area (Å²) in [6.07, 6.45) is 1.11. The summed E-state index contributed by atoms with van der Waals surface area (Å²) in [5.41, 5.74) is 3.31. The molecule has 0 aliphatic heterocycles. The molecule has 0 unspecified atom stereocenters. The number of benzene rings is 2. The smallest absolute Gasteiger partial charge is 0.244 e. The maximum Gasteiger partial charge on any atom is 0.244 e. The van der Waals surface area contributed by atoms with Gasteiger partial charge in [-0.05, 0) is 57.0 Å². The Labute approximate surface area is 167 Å². The summed E-state index contributed by atoms with van der Waals surface area (Å²) in [4.78, 5) is 12.9. The molecule has 152 valence electrons. The van der Waals surface area contributed by atoms with Gasteiger partial charge >= 0.3 is 0 Å². The molecule has 0 fully saturated rings. The highest BCUT2D eigenvalue weighted by atomic mass is 32.2. The number of carbonyl (C=O) groups excluding carboxylic acids is 1. The van der Waals surface area contributed by atoms with Crippen molar-refractivity contribution in [3.63, 3.8) is 0 Å². The van der Waals surface area contributed by atoms with Gasteiger partial charge in [0.25, 0.3) is 0 Å². The number of para-hydroxylation sites is 1. The fourth-order valence-electron chi connectivity index (χ4n) is 3.11. The van der Waals surface area contributed by atoms with Gasteiger partial charge in [0.05, 0.1) is 25.1 Å². The number of nitrogens with one attached hydrogen (secondary N) is 1. The SMILES string of the molecule is COc1ccccc1[C@H](C)NC(=O)[C@@H](C)N(c1ccc(C)c(C)c1)S(C)(=O)=O. The molecule has 2 aromatic rings. The fraction of sp³-hybridized carbons (Fsp3) is 0.381. The molecule has 0 saturated heterocycles.